The summed E-state index contributed by atoms with van der Waals surface area (Å²) in [6, 6.07) is 13.3. The van der Waals surface area contributed by atoms with Gasteiger partial charge in [-0.2, -0.15) is 0 Å². The van der Waals surface area contributed by atoms with E-state index >= 15 is 0 Å². The fourth-order valence-electron chi connectivity index (χ4n) is 4.67. The Bertz CT molecular complexity index is 1150. The number of carbonyl (C=O) groups excluding carboxylic acids is 2. The van der Waals surface area contributed by atoms with Crippen LogP contribution in [0.5, 0.6) is 5.75 Å². The molecule has 1 heterocycles. The minimum atomic E-state index is -0.574. The lowest BCUT2D eigenvalue weighted by molar-refractivity contribution is -0.131. The summed E-state index contributed by atoms with van der Waals surface area (Å²) in [5, 5.41) is 1.11. The average molecular weight is 434 g/mol. The fraction of sp³-hybridized carbons (Fsp3) is 0.407. The van der Waals surface area contributed by atoms with Crippen LogP contribution in [0.25, 0.3) is 22.2 Å². The third-order valence-electron chi connectivity index (χ3n) is 5.90. The maximum absolute atomic E-state index is 13.0. The second kappa shape index (κ2) is 8.81. The summed E-state index contributed by atoms with van der Waals surface area (Å²) in [5.74, 6) is 0.244. The molecule has 1 fully saturated rings. The topological polar surface area (TPSA) is 68.4 Å². The molecule has 4 rings (SSSR count). The highest BCUT2D eigenvalue weighted by Crippen LogP contribution is 2.43. The van der Waals surface area contributed by atoms with Gasteiger partial charge in [0.05, 0.1) is 11.3 Å². The molecule has 0 spiro atoms. The summed E-state index contributed by atoms with van der Waals surface area (Å²) in [4.78, 5) is 28.0. The molecule has 0 unspecified atom stereocenters. The van der Waals surface area contributed by atoms with Gasteiger partial charge in [0.25, 0.3) is 0 Å². The second-order valence-corrected chi connectivity index (χ2v) is 9.60. The van der Waals surface area contributed by atoms with Crippen LogP contribution in [-0.4, -0.2) is 22.5 Å². The molecule has 168 valence electrons. The van der Waals surface area contributed by atoms with Gasteiger partial charge in [-0.05, 0) is 63.3 Å². The van der Waals surface area contributed by atoms with Crippen LogP contribution in [-0.2, 0) is 9.53 Å². The molecule has 1 saturated carbocycles. The molecule has 0 bridgehead atoms. The number of aromatic nitrogens is 1. The SMILES string of the molecule is CC(=O)Oc1ccc2c(C3CCCCC3)c(-c3ccccc3C(=O)OC(C)(C)C)[nH]c2c1. The second-order valence-electron chi connectivity index (χ2n) is 9.60. The zero-order chi connectivity index (χ0) is 22.9. The summed E-state index contributed by atoms with van der Waals surface area (Å²) in [7, 11) is 0. The lowest BCUT2D eigenvalue weighted by Gasteiger charge is -2.24. The van der Waals surface area contributed by atoms with Crippen molar-refractivity contribution in [1.29, 1.82) is 0 Å². The number of rotatable bonds is 4. The Kier molecular flexibility index (Phi) is 6.09. The van der Waals surface area contributed by atoms with E-state index < -0.39 is 5.60 Å². The molecule has 0 saturated heterocycles. The van der Waals surface area contributed by atoms with E-state index in [2.05, 4.69) is 4.98 Å². The lowest BCUT2D eigenvalue weighted by atomic mass is 9.81. The van der Waals surface area contributed by atoms with Crippen LogP contribution in [0.4, 0.5) is 0 Å². The van der Waals surface area contributed by atoms with Crippen molar-refractivity contribution in [3.8, 4) is 17.0 Å². The number of ether oxygens (including phenoxy) is 2. The quantitative estimate of drug-likeness (QED) is 0.364. The molecule has 5 nitrogen and oxygen atoms in total. The fourth-order valence-corrected chi connectivity index (χ4v) is 4.67. The van der Waals surface area contributed by atoms with E-state index in [0.29, 0.717) is 17.2 Å². The van der Waals surface area contributed by atoms with Crippen LogP contribution in [0.2, 0.25) is 0 Å². The van der Waals surface area contributed by atoms with Crippen molar-refractivity contribution < 1.29 is 19.1 Å². The summed E-state index contributed by atoms with van der Waals surface area (Å²) in [6.45, 7) is 7.02. The Balaban J connectivity index is 1.88. The highest BCUT2D eigenvalue weighted by atomic mass is 16.6. The first-order valence-corrected chi connectivity index (χ1v) is 11.4. The smallest absolute Gasteiger partial charge is 0.339 e. The number of carbonyl (C=O) groups is 2. The van der Waals surface area contributed by atoms with Gasteiger partial charge in [-0.15, -0.1) is 0 Å². The third kappa shape index (κ3) is 4.72. The van der Waals surface area contributed by atoms with Crippen LogP contribution in [0.15, 0.2) is 42.5 Å². The van der Waals surface area contributed by atoms with Crippen LogP contribution in [0.3, 0.4) is 0 Å². The van der Waals surface area contributed by atoms with Crippen molar-refractivity contribution in [3.63, 3.8) is 0 Å². The molecule has 1 aliphatic carbocycles. The van der Waals surface area contributed by atoms with Gasteiger partial charge in [0, 0.05) is 29.5 Å². The van der Waals surface area contributed by atoms with E-state index in [9.17, 15) is 9.59 Å². The van der Waals surface area contributed by atoms with E-state index in [-0.39, 0.29) is 11.9 Å². The molecule has 1 aliphatic rings. The molecule has 1 aromatic heterocycles. The van der Waals surface area contributed by atoms with Crippen LogP contribution < -0.4 is 4.74 Å². The van der Waals surface area contributed by atoms with Crippen LogP contribution >= 0.6 is 0 Å². The third-order valence-corrected chi connectivity index (χ3v) is 5.90. The normalized spacial score (nSPS) is 15.0. The van der Waals surface area contributed by atoms with Crippen molar-refractivity contribution >= 4 is 22.8 Å². The molecular weight excluding hydrogens is 402 g/mol. The van der Waals surface area contributed by atoms with Crippen LogP contribution in [0, 0.1) is 0 Å². The number of hydrogen-bond donors (Lipinski definition) is 1. The van der Waals surface area contributed by atoms with Gasteiger partial charge in [-0.25, -0.2) is 4.79 Å². The first-order valence-electron chi connectivity index (χ1n) is 11.4. The number of H-pyrrole nitrogens is 1. The minimum absolute atomic E-state index is 0.332. The van der Waals surface area contributed by atoms with E-state index in [1.54, 1.807) is 0 Å². The first-order chi connectivity index (χ1) is 15.2. The predicted octanol–water partition coefficient (Wildman–Crippen LogP) is 6.76. The molecule has 0 atom stereocenters. The largest absolute Gasteiger partial charge is 0.456 e. The summed E-state index contributed by atoms with van der Waals surface area (Å²) in [5.41, 5.74) is 3.91. The molecule has 32 heavy (non-hydrogen) atoms. The van der Waals surface area contributed by atoms with Crippen LogP contribution in [0.1, 0.15) is 81.6 Å². The van der Waals surface area contributed by atoms with Gasteiger partial charge in [0.1, 0.15) is 11.4 Å². The van der Waals surface area contributed by atoms with E-state index in [1.165, 1.54) is 31.7 Å². The molecule has 0 amide bonds. The number of nitrogens with one attached hydrogen (secondary N) is 1. The molecule has 1 N–H and O–H groups in total. The first kappa shape index (κ1) is 22.1. The lowest BCUT2D eigenvalue weighted by Crippen LogP contribution is -2.24. The van der Waals surface area contributed by atoms with Gasteiger partial charge in [-0.1, -0.05) is 37.5 Å². The van der Waals surface area contributed by atoms with Gasteiger partial charge in [-0.3, -0.25) is 4.79 Å². The molecule has 0 aliphatic heterocycles. The number of fused-ring (bicyclic) bond motifs is 1. The highest BCUT2D eigenvalue weighted by molar-refractivity contribution is 6.00. The Morgan fingerprint density at radius 1 is 1.00 bits per heavy atom. The zero-order valence-electron chi connectivity index (χ0n) is 19.3. The summed E-state index contributed by atoms with van der Waals surface area (Å²) in [6.07, 6.45) is 5.92. The van der Waals surface area contributed by atoms with Crippen molar-refractivity contribution in [2.24, 2.45) is 0 Å². The summed E-state index contributed by atoms with van der Waals surface area (Å²) < 4.78 is 11.0. The molecule has 0 radical (unpaired) electrons. The van der Waals surface area contributed by atoms with Crippen molar-refractivity contribution in [3.05, 3.63) is 53.6 Å². The molecule has 5 heteroatoms. The Hall–Kier alpha value is -3.08. The van der Waals surface area contributed by atoms with Gasteiger partial charge in [0.2, 0.25) is 0 Å². The molecular formula is C27H31NO4. The number of hydrogen-bond acceptors (Lipinski definition) is 4. The predicted molar refractivity (Wildman–Crippen MR) is 126 cm³/mol. The number of esters is 2. The molecule has 2 aromatic carbocycles. The highest BCUT2D eigenvalue weighted by Gasteiger charge is 2.27. The Labute approximate surface area is 189 Å². The summed E-state index contributed by atoms with van der Waals surface area (Å²) >= 11 is 0. The van der Waals surface area contributed by atoms with Crippen molar-refractivity contribution in [2.45, 2.75) is 71.3 Å². The van der Waals surface area contributed by atoms with E-state index in [1.807, 2.05) is 63.2 Å². The van der Waals surface area contributed by atoms with Gasteiger partial charge < -0.3 is 14.5 Å². The van der Waals surface area contributed by atoms with Gasteiger partial charge in [0.15, 0.2) is 0 Å². The average Bonchev–Trinajstić information content (AvgIpc) is 3.11. The Morgan fingerprint density at radius 2 is 1.72 bits per heavy atom. The molecule has 3 aromatic rings. The minimum Gasteiger partial charge on any atom is -0.456 e. The zero-order valence-corrected chi connectivity index (χ0v) is 19.3. The van der Waals surface area contributed by atoms with Crippen molar-refractivity contribution in [1.82, 2.24) is 4.98 Å². The van der Waals surface area contributed by atoms with Gasteiger partial charge >= 0.3 is 11.9 Å². The standard InChI is InChI=1S/C27H31NO4/c1-17(29)31-19-14-15-22-23(16-19)28-25(24(22)18-10-6-5-7-11-18)20-12-8-9-13-21(20)26(30)32-27(2,3)4/h8-9,12-16,18,28H,5-7,10-11H2,1-4H3. The maximum Gasteiger partial charge on any atom is 0.339 e. The van der Waals surface area contributed by atoms with Crippen molar-refractivity contribution in [2.75, 3.05) is 0 Å². The van der Waals surface area contributed by atoms with E-state index in [4.69, 9.17) is 9.47 Å². The Morgan fingerprint density at radius 3 is 2.41 bits per heavy atom. The number of aromatic amines is 1. The number of benzene rings is 2. The monoisotopic (exact) mass is 433 g/mol. The maximum atomic E-state index is 13.0. The van der Waals surface area contributed by atoms with E-state index in [0.717, 1.165) is 35.0 Å².